The molecule has 7 nitrogen and oxygen atoms in total. The van der Waals surface area contributed by atoms with Gasteiger partial charge in [-0.3, -0.25) is 4.99 Å². The summed E-state index contributed by atoms with van der Waals surface area (Å²) in [5.41, 5.74) is 1.68. The van der Waals surface area contributed by atoms with E-state index in [0.717, 1.165) is 11.3 Å². The number of sulfone groups is 1. The zero-order valence-electron chi connectivity index (χ0n) is 15.7. The molecule has 1 N–H and O–H groups in total. The van der Waals surface area contributed by atoms with Crippen LogP contribution in [0.3, 0.4) is 0 Å². The van der Waals surface area contributed by atoms with E-state index < -0.39 is 14.6 Å². The van der Waals surface area contributed by atoms with Crippen LogP contribution in [0, 0.1) is 0 Å². The first-order valence-electron chi connectivity index (χ1n) is 8.50. The van der Waals surface area contributed by atoms with Gasteiger partial charge in [0.1, 0.15) is 6.26 Å². The lowest BCUT2D eigenvalue weighted by molar-refractivity contribution is 0.353. The Morgan fingerprint density at radius 2 is 2.04 bits per heavy atom. The van der Waals surface area contributed by atoms with Gasteiger partial charge in [0, 0.05) is 25.7 Å². The third kappa shape index (κ3) is 4.81. The van der Waals surface area contributed by atoms with Gasteiger partial charge in [-0.25, -0.2) is 13.4 Å². The van der Waals surface area contributed by atoms with E-state index in [1.807, 2.05) is 35.2 Å². The molecule has 2 heterocycles. The number of halogens is 1. The van der Waals surface area contributed by atoms with Gasteiger partial charge < -0.3 is 14.6 Å². The molecule has 0 atom stereocenters. The second-order valence-electron chi connectivity index (χ2n) is 6.91. The van der Waals surface area contributed by atoms with Crippen molar-refractivity contribution in [1.82, 2.24) is 15.2 Å². The van der Waals surface area contributed by atoms with E-state index in [4.69, 9.17) is 4.42 Å². The van der Waals surface area contributed by atoms with Crippen LogP contribution in [0.2, 0.25) is 0 Å². The van der Waals surface area contributed by atoms with Gasteiger partial charge in [0.05, 0.1) is 22.7 Å². The highest BCUT2D eigenvalue weighted by atomic mass is 127. The molecule has 0 radical (unpaired) electrons. The Labute approximate surface area is 177 Å². The molecule has 0 bridgehead atoms. The van der Waals surface area contributed by atoms with Crippen molar-refractivity contribution in [2.45, 2.75) is 25.1 Å². The number of nitrogens with one attached hydrogen (secondary N) is 1. The van der Waals surface area contributed by atoms with Crippen LogP contribution in [0.15, 0.2) is 46.0 Å². The fourth-order valence-corrected chi connectivity index (χ4v) is 4.29. The summed E-state index contributed by atoms with van der Waals surface area (Å²) < 4.78 is 29.1. The van der Waals surface area contributed by atoms with Crippen LogP contribution in [0.1, 0.15) is 19.5 Å². The number of aromatic nitrogens is 1. The Bertz CT molecular complexity index is 894. The average molecular weight is 504 g/mol. The second-order valence-corrected chi connectivity index (χ2v) is 9.65. The van der Waals surface area contributed by atoms with Crippen molar-refractivity contribution in [3.63, 3.8) is 0 Å². The van der Waals surface area contributed by atoms with Crippen LogP contribution >= 0.6 is 24.0 Å². The predicted molar refractivity (Wildman–Crippen MR) is 117 cm³/mol. The number of hydrogen-bond acceptors (Lipinski definition) is 5. The molecule has 27 heavy (non-hydrogen) atoms. The largest absolute Gasteiger partial charge is 0.444 e. The Hall–Kier alpha value is -1.62. The number of guanidine groups is 1. The Morgan fingerprint density at radius 1 is 1.33 bits per heavy atom. The molecule has 0 saturated carbocycles. The smallest absolute Gasteiger partial charge is 0.226 e. The summed E-state index contributed by atoms with van der Waals surface area (Å²) in [4.78, 5) is 10.7. The lowest BCUT2D eigenvalue weighted by atomic mass is 10.2. The van der Waals surface area contributed by atoms with Gasteiger partial charge in [-0.2, -0.15) is 0 Å². The van der Waals surface area contributed by atoms with Crippen LogP contribution in [0.4, 0.5) is 0 Å². The van der Waals surface area contributed by atoms with E-state index in [1.165, 1.54) is 0 Å². The normalized spacial score (nSPS) is 18.6. The molecule has 1 aliphatic rings. The molecule has 1 aromatic carbocycles. The first-order chi connectivity index (χ1) is 12.3. The number of nitrogens with zero attached hydrogens (tertiary/aromatic N) is 3. The van der Waals surface area contributed by atoms with E-state index in [-0.39, 0.29) is 29.7 Å². The monoisotopic (exact) mass is 504 g/mol. The molecule has 3 rings (SSSR count). The fraction of sp³-hybridized carbons (Fsp3) is 0.444. The molecule has 0 spiro atoms. The summed E-state index contributed by atoms with van der Waals surface area (Å²) in [6, 6.07) is 9.70. The quantitative estimate of drug-likeness (QED) is 0.393. The third-order valence-corrected chi connectivity index (χ3v) is 7.09. The molecular formula is C18H25IN4O3S. The Balaban J connectivity index is 0.00000261. The van der Waals surface area contributed by atoms with Crippen molar-refractivity contribution < 1.29 is 12.8 Å². The second kappa shape index (κ2) is 8.59. The van der Waals surface area contributed by atoms with Gasteiger partial charge in [0.25, 0.3) is 0 Å². The number of aliphatic imine (C=N–C) groups is 1. The third-order valence-electron chi connectivity index (χ3n) is 4.55. The van der Waals surface area contributed by atoms with E-state index in [0.29, 0.717) is 31.5 Å². The van der Waals surface area contributed by atoms with Crippen molar-refractivity contribution in [3.8, 4) is 11.5 Å². The number of rotatable bonds is 3. The molecule has 9 heteroatoms. The van der Waals surface area contributed by atoms with E-state index in [1.54, 1.807) is 27.2 Å². The maximum Gasteiger partial charge on any atom is 0.226 e. The minimum atomic E-state index is -3.08. The summed E-state index contributed by atoms with van der Waals surface area (Å²) in [5.74, 6) is 1.36. The van der Waals surface area contributed by atoms with Gasteiger partial charge >= 0.3 is 0 Å². The predicted octanol–water partition coefficient (Wildman–Crippen LogP) is 2.54. The van der Waals surface area contributed by atoms with Gasteiger partial charge in [-0.05, 0) is 26.0 Å². The standard InChI is InChI=1S/C18H24N4O3S.HI/c1-18(2)13-22(9-10-26(18,23)24)17(19-3)20-11-15-12-25-16(21-15)14-7-5-4-6-8-14;/h4-8,12H,9-11,13H2,1-3H3,(H,19,20);1H. The summed E-state index contributed by atoms with van der Waals surface area (Å²) >= 11 is 0. The average Bonchev–Trinajstić information content (AvgIpc) is 3.08. The van der Waals surface area contributed by atoms with Gasteiger partial charge in [-0.15, -0.1) is 24.0 Å². The molecule has 1 saturated heterocycles. The summed E-state index contributed by atoms with van der Waals surface area (Å²) in [5, 5.41) is 3.24. The zero-order valence-corrected chi connectivity index (χ0v) is 18.8. The highest BCUT2D eigenvalue weighted by Crippen LogP contribution is 2.24. The molecule has 1 aliphatic heterocycles. The number of hydrogen-bond donors (Lipinski definition) is 1. The molecule has 0 amide bonds. The summed E-state index contributed by atoms with van der Waals surface area (Å²) in [6.45, 7) is 4.80. The minimum absolute atomic E-state index is 0. The summed E-state index contributed by atoms with van der Waals surface area (Å²) in [6.07, 6.45) is 1.62. The summed E-state index contributed by atoms with van der Waals surface area (Å²) in [7, 11) is -1.39. The molecular weight excluding hydrogens is 479 g/mol. The van der Waals surface area contributed by atoms with Crippen molar-refractivity contribution in [1.29, 1.82) is 0 Å². The maximum atomic E-state index is 12.2. The van der Waals surface area contributed by atoms with Crippen LogP contribution < -0.4 is 5.32 Å². The highest BCUT2D eigenvalue weighted by molar-refractivity contribution is 14.0. The Kier molecular flexibility index (Phi) is 6.90. The Morgan fingerprint density at radius 3 is 2.67 bits per heavy atom. The minimum Gasteiger partial charge on any atom is -0.444 e. The van der Waals surface area contributed by atoms with Crippen LogP contribution in [-0.2, 0) is 16.4 Å². The van der Waals surface area contributed by atoms with Crippen molar-refractivity contribution in [2.75, 3.05) is 25.9 Å². The maximum absolute atomic E-state index is 12.2. The first kappa shape index (κ1) is 21.7. The molecule has 2 aromatic rings. The fourth-order valence-electron chi connectivity index (χ4n) is 2.93. The zero-order chi connectivity index (χ0) is 18.8. The molecule has 1 aromatic heterocycles. The van der Waals surface area contributed by atoms with E-state index in [9.17, 15) is 8.42 Å². The molecule has 1 fully saturated rings. The van der Waals surface area contributed by atoms with Gasteiger partial charge in [0.15, 0.2) is 15.8 Å². The van der Waals surface area contributed by atoms with Crippen LogP contribution in [0.5, 0.6) is 0 Å². The number of benzene rings is 1. The van der Waals surface area contributed by atoms with E-state index in [2.05, 4.69) is 15.3 Å². The van der Waals surface area contributed by atoms with E-state index >= 15 is 0 Å². The molecule has 0 aliphatic carbocycles. The highest BCUT2D eigenvalue weighted by Gasteiger charge is 2.40. The number of oxazole rings is 1. The van der Waals surface area contributed by atoms with Crippen molar-refractivity contribution >= 4 is 39.8 Å². The first-order valence-corrected chi connectivity index (χ1v) is 10.2. The van der Waals surface area contributed by atoms with Crippen LogP contribution in [-0.4, -0.2) is 54.9 Å². The lowest BCUT2D eigenvalue weighted by Gasteiger charge is -2.39. The topological polar surface area (TPSA) is 87.8 Å². The SMILES string of the molecule is CN=C(NCc1coc(-c2ccccc2)n1)N1CCS(=O)(=O)C(C)(C)C1.I. The van der Waals surface area contributed by atoms with Gasteiger partial charge in [-0.1, -0.05) is 18.2 Å². The molecule has 148 valence electrons. The van der Waals surface area contributed by atoms with Crippen LogP contribution in [0.25, 0.3) is 11.5 Å². The van der Waals surface area contributed by atoms with Gasteiger partial charge in [0.2, 0.25) is 5.89 Å². The van der Waals surface area contributed by atoms with Crippen molar-refractivity contribution in [2.24, 2.45) is 4.99 Å². The molecule has 0 unspecified atom stereocenters. The lowest BCUT2D eigenvalue weighted by Crippen LogP contribution is -2.57. The van der Waals surface area contributed by atoms with Crippen molar-refractivity contribution in [3.05, 3.63) is 42.3 Å².